The second kappa shape index (κ2) is 11.1. The third kappa shape index (κ3) is 5.34. The molecule has 6 aromatic rings. The fourth-order valence-corrected chi connectivity index (χ4v) is 5.00. The van der Waals surface area contributed by atoms with E-state index in [0.717, 1.165) is 22.2 Å². The van der Waals surface area contributed by atoms with E-state index in [1.807, 2.05) is 32.2 Å². The molecule has 5 N–H and O–H groups in total. The maximum absolute atomic E-state index is 13.3. The third-order valence-electron chi connectivity index (χ3n) is 6.86. The van der Waals surface area contributed by atoms with Gasteiger partial charge in [-0.25, -0.2) is 4.98 Å². The molecular formula is C27H24Cl2N12O. The van der Waals surface area contributed by atoms with Crippen LogP contribution in [0.4, 0.5) is 5.82 Å². The van der Waals surface area contributed by atoms with Crippen LogP contribution in [0.25, 0.3) is 33.9 Å². The highest BCUT2D eigenvalue weighted by Crippen LogP contribution is 2.28. The highest BCUT2D eigenvalue weighted by molar-refractivity contribution is 6.32. The molecule has 4 aromatic heterocycles. The number of anilines is 1. The zero-order valence-corrected chi connectivity index (χ0v) is 23.9. The number of tetrazole rings is 1. The number of nitrogens with zero attached hydrogens (tertiary/aromatic N) is 8. The Labute approximate surface area is 248 Å². The standard InChI is InChI=1S/C27H24Cl2N12O/c1-14-25(29)20(37-40(14)2)11-21(27-31-12-22(34-27)15-3-6-18-19(10-15)35-36-26(18)30)33-24(42)8-4-16-9-17(28)5-7-23(16)41-13-32-38-39-41/h3-10,12-13,21H,11H2,1-2H3,(H,31,34)(H,33,42)(H3,30,35,36)/b8-4+/t21-/m0/s1. The fraction of sp³-hybridized carbons (Fsp3) is 0.148. The molecule has 0 saturated carbocycles. The molecule has 42 heavy (non-hydrogen) atoms. The van der Waals surface area contributed by atoms with Gasteiger partial charge in [0.2, 0.25) is 5.91 Å². The number of nitrogens with two attached hydrogens (primary N) is 1. The van der Waals surface area contributed by atoms with E-state index >= 15 is 0 Å². The van der Waals surface area contributed by atoms with Crippen LogP contribution in [0, 0.1) is 6.92 Å². The van der Waals surface area contributed by atoms with Crippen molar-refractivity contribution in [3.63, 3.8) is 0 Å². The Bertz CT molecular complexity index is 1940. The van der Waals surface area contributed by atoms with Crippen molar-refractivity contribution in [3.8, 4) is 16.9 Å². The van der Waals surface area contributed by atoms with Crippen LogP contribution in [0.5, 0.6) is 0 Å². The Morgan fingerprint density at radius 3 is 2.83 bits per heavy atom. The predicted octanol–water partition coefficient (Wildman–Crippen LogP) is 3.97. The van der Waals surface area contributed by atoms with Crippen LogP contribution in [0.15, 0.2) is 55.0 Å². The number of H-pyrrole nitrogens is 2. The summed E-state index contributed by atoms with van der Waals surface area (Å²) in [4.78, 5) is 21.3. The number of nitrogens with one attached hydrogen (secondary N) is 3. The zero-order chi connectivity index (χ0) is 29.4. The molecule has 0 fully saturated rings. The molecule has 0 unspecified atom stereocenters. The first kappa shape index (κ1) is 27.2. The topological polar surface area (TPSA) is 174 Å². The summed E-state index contributed by atoms with van der Waals surface area (Å²) in [6.45, 7) is 1.88. The molecule has 0 radical (unpaired) electrons. The van der Waals surface area contributed by atoms with E-state index in [2.05, 4.69) is 41.1 Å². The lowest BCUT2D eigenvalue weighted by Crippen LogP contribution is -2.29. The molecule has 0 aliphatic heterocycles. The first-order valence-corrected chi connectivity index (χ1v) is 13.5. The van der Waals surface area contributed by atoms with Crippen molar-refractivity contribution in [3.05, 3.63) is 87.8 Å². The number of rotatable bonds is 8. The minimum Gasteiger partial charge on any atom is -0.382 e. The average Bonchev–Trinajstić information content (AvgIpc) is 3.79. The second-order valence-electron chi connectivity index (χ2n) is 9.57. The van der Waals surface area contributed by atoms with E-state index in [0.29, 0.717) is 50.7 Å². The average molecular weight is 603 g/mol. The maximum Gasteiger partial charge on any atom is 0.244 e. The van der Waals surface area contributed by atoms with Gasteiger partial charge in [-0.05, 0) is 53.8 Å². The van der Waals surface area contributed by atoms with Gasteiger partial charge in [0.25, 0.3) is 0 Å². The van der Waals surface area contributed by atoms with Gasteiger partial charge < -0.3 is 16.0 Å². The number of aromatic amines is 2. The number of imidazole rings is 1. The lowest BCUT2D eigenvalue weighted by molar-refractivity contribution is -0.117. The highest BCUT2D eigenvalue weighted by Gasteiger charge is 2.23. The maximum atomic E-state index is 13.3. The molecule has 212 valence electrons. The number of aromatic nitrogens is 10. The molecule has 1 amide bonds. The second-order valence-corrected chi connectivity index (χ2v) is 10.4. The molecule has 0 aliphatic carbocycles. The summed E-state index contributed by atoms with van der Waals surface area (Å²) >= 11 is 12.8. The van der Waals surface area contributed by atoms with Gasteiger partial charge in [0.05, 0.1) is 39.4 Å². The van der Waals surface area contributed by atoms with Crippen molar-refractivity contribution < 1.29 is 4.79 Å². The number of aryl methyl sites for hydroxylation is 1. The molecular weight excluding hydrogens is 579 g/mol. The number of fused-ring (bicyclic) bond motifs is 1. The third-order valence-corrected chi connectivity index (χ3v) is 7.58. The summed E-state index contributed by atoms with van der Waals surface area (Å²) in [5, 5.41) is 27.7. The largest absolute Gasteiger partial charge is 0.382 e. The molecule has 0 aliphatic rings. The zero-order valence-electron chi connectivity index (χ0n) is 22.4. The lowest BCUT2D eigenvalue weighted by atomic mass is 10.1. The minimum atomic E-state index is -0.576. The Morgan fingerprint density at radius 2 is 2.07 bits per heavy atom. The van der Waals surface area contributed by atoms with Crippen LogP contribution in [-0.4, -0.2) is 56.1 Å². The van der Waals surface area contributed by atoms with Crippen LogP contribution in [0.2, 0.25) is 10.0 Å². The van der Waals surface area contributed by atoms with E-state index in [1.165, 1.54) is 17.1 Å². The quantitative estimate of drug-likeness (QED) is 0.189. The summed E-state index contributed by atoms with van der Waals surface area (Å²) in [5.41, 5.74) is 11.0. The van der Waals surface area contributed by atoms with Gasteiger partial charge in [-0.1, -0.05) is 29.3 Å². The van der Waals surface area contributed by atoms with Crippen molar-refractivity contribution in [2.24, 2.45) is 7.05 Å². The minimum absolute atomic E-state index is 0.302. The lowest BCUT2D eigenvalue weighted by Gasteiger charge is -2.15. The normalized spacial score (nSPS) is 12.4. The van der Waals surface area contributed by atoms with Crippen LogP contribution in [0.1, 0.15) is 28.8 Å². The first-order chi connectivity index (χ1) is 20.3. The van der Waals surface area contributed by atoms with Gasteiger partial charge in [-0.15, -0.1) is 5.10 Å². The number of halogens is 2. The van der Waals surface area contributed by atoms with Crippen LogP contribution >= 0.6 is 23.2 Å². The smallest absolute Gasteiger partial charge is 0.244 e. The molecule has 15 heteroatoms. The summed E-state index contributed by atoms with van der Waals surface area (Å²) in [6.07, 6.45) is 6.60. The number of amides is 1. The van der Waals surface area contributed by atoms with Crippen LogP contribution in [-0.2, 0) is 18.3 Å². The molecule has 0 spiro atoms. The van der Waals surface area contributed by atoms with Crippen molar-refractivity contribution in [2.45, 2.75) is 19.4 Å². The summed E-state index contributed by atoms with van der Waals surface area (Å²) in [7, 11) is 1.82. The number of hydrogen-bond acceptors (Lipinski definition) is 8. The van der Waals surface area contributed by atoms with Gasteiger partial charge in [0.1, 0.15) is 12.2 Å². The first-order valence-electron chi connectivity index (χ1n) is 12.8. The van der Waals surface area contributed by atoms with Crippen molar-refractivity contribution in [1.82, 2.24) is 55.5 Å². The molecule has 0 bridgehead atoms. The van der Waals surface area contributed by atoms with E-state index in [-0.39, 0.29) is 5.91 Å². The highest BCUT2D eigenvalue weighted by atomic mass is 35.5. The fourth-order valence-electron chi connectivity index (χ4n) is 4.58. The number of carbonyl (C=O) groups is 1. The molecule has 2 aromatic carbocycles. The van der Waals surface area contributed by atoms with E-state index < -0.39 is 6.04 Å². The van der Waals surface area contributed by atoms with Crippen LogP contribution in [0.3, 0.4) is 0 Å². The molecule has 1 atom stereocenters. The Hall–Kier alpha value is -5.01. The van der Waals surface area contributed by atoms with E-state index in [9.17, 15) is 4.79 Å². The summed E-state index contributed by atoms with van der Waals surface area (Å²) in [6, 6.07) is 10.4. The number of carbonyl (C=O) groups excluding carboxylic acids is 1. The number of benzene rings is 2. The van der Waals surface area contributed by atoms with Crippen molar-refractivity contribution >= 4 is 51.9 Å². The number of nitrogen functional groups attached to an aromatic ring is 1. The SMILES string of the molecule is Cc1c(Cl)c(C[C@H](NC(=O)/C=C/c2cc(Cl)ccc2-n2cnnn2)c2nc(-c3ccc4c(N)n[nH]c4c3)c[nH]2)nn1C. The van der Waals surface area contributed by atoms with E-state index in [1.54, 1.807) is 35.2 Å². The molecule has 4 heterocycles. The Kier molecular flexibility index (Phi) is 7.19. The van der Waals surface area contributed by atoms with Gasteiger partial charge in [-0.3, -0.25) is 14.6 Å². The van der Waals surface area contributed by atoms with Gasteiger partial charge in [0, 0.05) is 47.3 Å². The Balaban J connectivity index is 1.29. The van der Waals surface area contributed by atoms with Crippen molar-refractivity contribution in [2.75, 3.05) is 5.73 Å². The monoisotopic (exact) mass is 602 g/mol. The summed E-state index contributed by atoms with van der Waals surface area (Å²) in [5.74, 6) is 0.603. The predicted molar refractivity (Wildman–Crippen MR) is 159 cm³/mol. The molecule has 6 rings (SSSR count). The summed E-state index contributed by atoms with van der Waals surface area (Å²) < 4.78 is 3.19. The molecule has 13 nitrogen and oxygen atoms in total. The van der Waals surface area contributed by atoms with Crippen LogP contribution < -0.4 is 11.1 Å². The Morgan fingerprint density at radius 1 is 1.21 bits per heavy atom. The van der Waals surface area contributed by atoms with Gasteiger partial charge in [0.15, 0.2) is 5.82 Å². The number of hydrogen-bond donors (Lipinski definition) is 4. The van der Waals surface area contributed by atoms with E-state index in [4.69, 9.17) is 33.9 Å². The molecule has 0 saturated heterocycles. The van der Waals surface area contributed by atoms with Gasteiger partial charge in [-0.2, -0.15) is 14.9 Å². The van der Waals surface area contributed by atoms with Gasteiger partial charge >= 0.3 is 0 Å². The van der Waals surface area contributed by atoms with Crippen molar-refractivity contribution in [1.29, 1.82) is 0 Å².